The van der Waals surface area contributed by atoms with Crippen LogP contribution < -0.4 is 5.32 Å². The molecule has 194 valence electrons. The van der Waals surface area contributed by atoms with Gasteiger partial charge in [0.15, 0.2) is 5.84 Å². The first kappa shape index (κ1) is 25.4. The van der Waals surface area contributed by atoms with Crippen LogP contribution in [0.4, 0.5) is 5.00 Å². The van der Waals surface area contributed by atoms with Gasteiger partial charge in [-0.25, -0.2) is 8.42 Å². The second-order valence-corrected chi connectivity index (χ2v) is 14.9. The van der Waals surface area contributed by atoms with Gasteiger partial charge in [0, 0.05) is 24.8 Å². The molecular weight excluding hydrogens is 543 g/mol. The van der Waals surface area contributed by atoms with E-state index in [-0.39, 0.29) is 51.2 Å². The van der Waals surface area contributed by atoms with Crippen LogP contribution >= 0.6 is 22.7 Å². The highest BCUT2D eigenvalue weighted by Gasteiger charge is 2.45. The summed E-state index contributed by atoms with van der Waals surface area (Å²) in [5.74, 6) is -1.21. The Morgan fingerprint density at radius 3 is 2.72 bits per heavy atom. The highest BCUT2D eigenvalue weighted by molar-refractivity contribution is 7.91. The summed E-state index contributed by atoms with van der Waals surface area (Å²) in [7, 11) is -7.50. The van der Waals surface area contributed by atoms with Crippen LogP contribution in [0.25, 0.3) is 0 Å². The van der Waals surface area contributed by atoms with Crippen LogP contribution in [0, 0.1) is 5.92 Å². The molecule has 1 aliphatic carbocycles. The number of thiophene rings is 2. The van der Waals surface area contributed by atoms with Crippen LogP contribution in [-0.2, 0) is 37.6 Å². The van der Waals surface area contributed by atoms with E-state index in [9.17, 15) is 26.7 Å². The Bertz CT molecular complexity index is 1450. The van der Waals surface area contributed by atoms with Crippen LogP contribution in [0.3, 0.4) is 0 Å². The average Bonchev–Trinajstić information content (AvgIpc) is 3.39. The Hall–Kier alpha value is -2.22. The molecule has 2 unspecified atom stereocenters. The van der Waals surface area contributed by atoms with Crippen molar-refractivity contribution in [1.29, 1.82) is 0 Å². The standard InChI is InChI=1S/C23H27N3O6S4/c1-35(29,30)10-8-15-13-34-22-20(15)36(31,32)25-21(24-22)18-19(27)16-5-3-2-4-6-17(16)26(23(18)28)11-14-7-9-33-12-14/h7,9,12-13,16-17,27H,2-6,8,10-11H2,1H3,(H,24,25). The highest BCUT2D eigenvalue weighted by atomic mass is 32.2. The van der Waals surface area contributed by atoms with Gasteiger partial charge >= 0.3 is 0 Å². The van der Waals surface area contributed by atoms with Crippen molar-refractivity contribution in [3.05, 3.63) is 44.7 Å². The summed E-state index contributed by atoms with van der Waals surface area (Å²) in [6, 6.07) is 1.79. The molecule has 36 heavy (non-hydrogen) atoms. The number of anilines is 1. The number of carbonyl (C=O) groups is 1. The van der Waals surface area contributed by atoms with Gasteiger partial charge in [0.05, 0.1) is 5.75 Å². The van der Waals surface area contributed by atoms with Crippen LogP contribution in [-0.4, -0.2) is 56.6 Å². The van der Waals surface area contributed by atoms with E-state index in [0.29, 0.717) is 18.5 Å². The number of amidine groups is 1. The zero-order chi connectivity index (χ0) is 25.7. The molecule has 2 atom stereocenters. The highest BCUT2D eigenvalue weighted by Crippen LogP contribution is 2.42. The van der Waals surface area contributed by atoms with E-state index >= 15 is 0 Å². The van der Waals surface area contributed by atoms with E-state index < -0.39 is 25.8 Å². The Morgan fingerprint density at radius 2 is 2.00 bits per heavy atom. The third kappa shape index (κ3) is 4.85. The summed E-state index contributed by atoms with van der Waals surface area (Å²) >= 11 is 2.65. The number of carbonyl (C=O) groups excluding carboxylic acids is 1. The lowest BCUT2D eigenvalue weighted by atomic mass is 9.84. The maximum atomic E-state index is 13.8. The summed E-state index contributed by atoms with van der Waals surface area (Å²) in [5.41, 5.74) is 1.25. The fraction of sp³-hybridized carbons (Fsp3) is 0.478. The number of nitrogens with one attached hydrogen (secondary N) is 1. The van der Waals surface area contributed by atoms with Gasteiger partial charge in [-0.1, -0.05) is 19.3 Å². The summed E-state index contributed by atoms with van der Waals surface area (Å²) in [6.07, 6.45) is 5.50. The molecule has 0 aromatic carbocycles. The van der Waals surface area contributed by atoms with Gasteiger partial charge in [-0.15, -0.1) is 15.7 Å². The first-order chi connectivity index (χ1) is 17.0. The zero-order valence-corrected chi connectivity index (χ0v) is 22.9. The number of aliphatic hydroxyl groups excluding tert-OH is 1. The maximum Gasteiger partial charge on any atom is 0.287 e. The molecule has 5 rings (SSSR count). The van der Waals surface area contributed by atoms with E-state index in [1.807, 2.05) is 16.8 Å². The molecule has 0 bridgehead atoms. The minimum atomic E-state index is -4.22. The largest absolute Gasteiger partial charge is 0.511 e. The van der Waals surface area contributed by atoms with Crippen molar-refractivity contribution in [3.8, 4) is 0 Å². The Morgan fingerprint density at radius 1 is 1.22 bits per heavy atom. The normalized spacial score (nSPS) is 24.0. The van der Waals surface area contributed by atoms with Crippen LogP contribution in [0.15, 0.2) is 42.8 Å². The Labute approximate surface area is 218 Å². The van der Waals surface area contributed by atoms with Gasteiger partial charge in [0.2, 0.25) is 0 Å². The zero-order valence-electron chi connectivity index (χ0n) is 19.6. The van der Waals surface area contributed by atoms with E-state index in [1.54, 1.807) is 21.6 Å². The molecule has 2 aliphatic heterocycles. The molecule has 0 saturated heterocycles. The molecule has 1 saturated carbocycles. The number of aliphatic hydroxyl groups is 1. The van der Waals surface area contributed by atoms with Gasteiger partial charge in [-0.2, -0.15) is 19.8 Å². The van der Waals surface area contributed by atoms with Crippen molar-refractivity contribution in [2.45, 2.75) is 56.0 Å². The van der Waals surface area contributed by atoms with Crippen molar-refractivity contribution in [1.82, 2.24) is 4.90 Å². The smallest absolute Gasteiger partial charge is 0.287 e. The van der Waals surface area contributed by atoms with E-state index in [2.05, 4.69) is 9.71 Å². The van der Waals surface area contributed by atoms with Crippen LogP contribution in [0.5, 0.6) is 0 Å². The van der Waals surface area contributed by atoms with Gasteiger partial charge in [0.1, 0.15) is 31.1 Å². The number of aryl methyl sites for hydroxylation is 1. The molecule has 1 amide bonds. The molecule has 0 spiro atoms. The predicted molar refractivity (Wildman–Crippen MR) is 141 cm³/mol. The van der Waals surface area contributed by atoms with Gasteiger partial charge in [-0.3, -0.25) is 4.79 Å². The molecule has 9 nitrogen and oxygen atoms in total. The number of amides is 1. The molecule has 0 radical (unpaired) electrons. The lowest BCUT2D eigenvalue weighted by Crippen LogP contribution is -2.51. The molecule has 2 aromatic heterocycles. The molecule has 2 N–H and O–H groups in total. The third-order valence-electron chi connectivity index (χ3n) is 6.89. The number of sulfonamides is 1. The molecule has 4 heterocycles. The van der Waals surface area contributed by atoms with Crippen molar-refractivity contribution >= 4 is 59.3 Å². The number of nitrogens with zero attached hydrogens (tertiary/aromatic N) is 2. The number of rotatable bonds is 6. The van der Waals surface area contributed by atoms with Crippen LogP contribution in [0.1, 0.15) is 43.2 Å². The summed E-state index contributed by atoms with van der Waals surface area (Å²) in [4.78, 5) is 15.5. The van der Waals surface area contributed by atoms with Crippen LogP contribution in [0.2, 0.25) is 0 Å². The Kier molecular flexibility index (Phi) is 6.77. The number of fused-ring (bicyclic) bond motifs is 2. The summed E-state index contributed by atoms with van der Waals surface area (Å²) < 4.78 is 53.6. The number of sulfone groups is 1. The topological polar surface area (TPSA) is 133 Å². The summed E-state index contributed by atoms with van der Waals surface area (Å²) in [5, 5.41) is 20.1. The SMILES string of the molecule is CS(=O)(=O)CCc1csc2c1S(=O)(=O)N=C(C1=C(O)C3CCCCCC3N(Cc3ccsc3)C1=O)N2. The second kappa shape index (κ2) is 9.58. The van der Waals surface area contributed by atoms with Crippen molar-refractivity contribution < 1.29 is 26.7 Å². The minimum absolute atomic E-state index is 0.0431. The van der Waals surface area contributed by atoms with Gasteiger partial charge in [-0.05, 0) is 52.6 Å². The predicted octanol–water partition coefficient (Wildman–Crippen LogP) is 3.71. The van der Waals surface area contributed by atoms with E-state index in [4.69, 9.17) is 0 Å². The molecule has 3 aliphatic rings. The van der Waals surface area contributed by atoms with Crippen molar-refractivity contribution in [3.63, 3.8) is 0 Å². The monoisotopic (exact) mass is 569 g/mol. The lowest BCUT2D eigenvalue weighted by Gasteiger charge is -2.41. The number of hydrogen-bond acceptors (Lipinski definition) is 9. The second-order valence-electron chi connectivity index (χ2n) is 9.48. The number of hydrogen-bond donors (Lipinski definition) is 2. The molecule has 2 aromatic rings. The maximum absolute atomic E-state index is 13.8. The quantitative estimate of drug-likeness (QED) is 0.542. The van der Waals surface area contributed by atoms with E-state index in [0.717, 1.165) is 48.8 Å². The van der Waals surface area contributed by atoms with E-state index in [1.165, 1.54) is 0 Å². The summed E-state index contributed by atoms with van der Waals surface area (Å²) in [6.45, 7) is 0.375. The first-order valence-corrected chi connectivity index (χ1v) is 17.0. The average molecular weight is 570 g/mol. The molecule has 13 heteroatoms. The van der Waals surface area contributed by atoms with Crippen molar-refractivity contribution in [2.24, 2.45) is 10.3 Å². The lowest BCUT2D eigenvalue weighted by molar-refractivity contribution is -0.132. The van der Waals surface area contributed by atoms with Gasteiger partial charge < -0.3 is 15.3 Å². The van der Waals surface area contributed by atoms with Crippen molar-refractivity contribution in [2.75, 3.05) is 17.3 Å². The Balaban J connectivity index is 1.54. The first-order valence-electron chi connectivity index (χ1n) is 11.7. The minimum Gasteiger partial charge on any atom is -0.511 e. The fourth-order valence-electron chi connectivity index (χ4n) is 5.18. The molecular formula is C23H27N3O6S4. The fourth-order valence-corrected chi connectivity index (χ4v) is 9.11. The van der Waals surface area contributed by atoms with Gasteiger partial charge in [0.25, 0.3) is 15.9 Å². The molecule has 1 fully saturated rings. The third-order valence-corrected chi connectivity index (χ3v) is 11.0.